The van der Waals surface area contributed by atoms with Crippen LogP contribution in [0.2, 0.25) is 0 Å². The van der Waals surface area contributed by atoms with Crippen LogP contribution in [0, 0.1) is 0 Å². The molecule has 0 amide bonds. The molecule has 0 fully saturated rings. The zero-order valence-corrected chi connectivity index (χ0v) is 9.15. The Hall–Kier alpha value is -1.40. The number of sulfonamides is 1. The highest BCUT2D eigenvalue weighted by Gasteiger charge is 2.23. The SMILES string of the molecule is CN(C)S(=O)(=O)c1ccccc1C(=O)O. The molecule has 0 saturated heterocycles. The van der Waals surface area contributed by atoms with Gasteiger partial charge in [-0.2, -0.15) is 0 Å². The van der Waals surface area contributed by atoms with Gasteiger partial charge in [0.1, 0.15) is 0 Å². The minimum Gasteiger partial charge on any atom is -0.478 e. The highest BCUT2D eigenvalue weighted by atomic mass is 32.2. The van der Waals surface area contributed by atoms with Crippen LogP contribution in [-0.4, -0.2) is 37.9 Å². The van der Waals surface area contributed by atoms with E-state index in [1.165, 1.54) is 38.4 Å². The average molecular weight is 229 g/mol. The third kappa shape index (κ3) is 2.16. The van der Waals surface area contributed by atoms with E-state index < -0.39 is 16.0 Å². The molecule has 0 atom stereocenters. The average Bonchev–Trinajstić information content (AvgIpc) is 2.17. The van der Waals surface area contributed by atoms with Crippen molar-refractivity contribution in [2.75, 3.05) is 14.1 Å². The topological polar surface area (TPSA) is 74.7 Å². The van der Waals surface area contributed by atoms with Crippen molar-refractivity contribution in [3.63, 3.8) is 0 Å². The van der Waals surface area contributed by atoms with Gasteiger partial charge in [-0.25, -0.2) is 17.5 Å². The van der Waals surface area contributed by atoms with Gasteiger partial charge in [0, 0.05) is 14.1 Å². The number of carboxylic acids is 1. The Bertz CT molecular complexity index is 479. The minimum absolute atomic E-state index is 0.192. The van der Waals surface area contributed by atoms with Crippen LogP contribution in [0.25, 0.3) is 0 Å². The lowest BCUT2D eigenvalue weighted by atomic mass is 10.2. The molecule has 6 heteroatoms. The van der Waals surface area contributed by atoms with Crippen LogP contribution in [-0.2, 0) is 10.0 Å². The number of nitrogens with zero attached hydrogens (tertiary/aromatic N) is 1. The maximum Gasteiger partial charge on any atom is 0.337 e. The predicted octanol–water partition coefficient (Wildman–Crippen LogP) is 0.635. The predicted molar refractivity (Wildman–Crippen MR) is 54.3 cm³/mol. The number of hydrogen-bond acceptors (Lipinski definition) is 3. The lowest BCUT2D eigenvalue weighted by Crippen LogP contribution is -2.24. The third-order valence-corrected chi connectivity index (χ3v) is 3.75. The standard InChI is InChI=1S/C9H11NO4S/c1-10(2)15(13,14)8-6-4-3-5-7(8)9(11)12/h3-6H,1-2H3,(H,11,12). The molecule has 0 aliphatic rings. The van der Waals surface area contributed by atoms with Gasteiger partial charge >= 0.3 is 5.97 Å². The van der Waals surface area contributed by atoms with Crippen LogP contribution in [0.5, 0.6) is 0 Å². The number of benzene rings is 1. The molecule has 1 aromatic rings. The van der Waals surface area contributed by atoms with E-state index in [1.54, 1.807) is 0 Å². The fourth-order valence-corrected chi connectivity index (χ4v) is 2.14. The Labute approximate surface area is 88.0 Å². The normalized spacial score (nSPS) is 11.7. The highest BCUT2D eigenvalue weighted by Crippen LogP contribution is 2.17. The van der Waals surface area contributed by atoms with Gasteiger partial charge in [-0.05, 0) is 12.1 Å². The molecule has 1 aromatic carbocycles. The summed E-state index contributed by atoms with van der Waals surface area (Å²) < 4.78 is 24.4. The van der Waals surface area contributed by atoms with E-state index in [2.05, 4.69) is 0 Å². The second kappa shape index (κ2) is 4.00. The van der Waals surface area contributed by atoms with Crippen molar-refractivity contribution in [1.82, 2.24) is 4.31 Å². The first-order chi connectivity index (χ1) is 6.87. The van der Waals surface area contributed by atoms with Crippen molar-refractivity contribution in [1.29, 1.82) is 0 Å². The molecule has 82 valence electrons. The molecule has 15 heavy (non-hydrogen) atoms. The Balaban J connectivity index is 3.45. The van der Waals surface area contributed by atoms with Crippen LogP contribution >= 0.6 is 0 Å². The first-order valence-corrected chi connectivity index (χ1v) is 5.56. The van der Waals surface area contributed by atoms with Crippen molar-refractivity contribution in [3.8, 4) is 0 Å². The highest BCUT2D eigenvalue weighted by molar-refractivity contribution is 7.89. The molecule has 1 N–H and O–H groups in total. The van der Waals surface area contributed by atoms with Crippen LogP contribution in [0.3, 0.4) is 0 Å². The zero-order valence-electron chi connectivity index (χ0n) is 8.34. The quantitative estimate of drug-likeness (QED) is 0.825. The number of hydrogen-bond donors (Lipinski definition) is 1. The fourth-order valence-electron chi connectivity index (χ4n) is 1.06. The van der Waals surface area contributed by atoms with Crippen molar-refractivity contribution < 1.29 is 18.3 Å². The smallest absolute Gasteiger partial charge is 0.337 e. The van der Waals surface area contributed by atoms with Gasteiger partial charge in [-0.1, -0.05) is 12.1 Å². The summed E-state index contributed by atoms with van der Waals surface area (Å²) in [5.74, 6) is -1.25. The zero-order chi connectivity index (χ0) is 11.6. The summed E-state index contributed by atoms with van der Waals surface area (Å²) in [4.78, 5) is 10.6. The Morgan fingerprint density at radius 3 is 2.27 bits per heavy atom. The molecule has 0 saturated carbocycles. The third-order valence-electron chi connectivity index (χ3n) is 1.88. The Morgan fingerprint density at radius 1 is 1.27 bits per heavy atom. The van der Waals surface area contributed by atoms with Gasteiger partial charge in [0.05, 0.1) is 10.5 Å². The van der Waals surface area contributed by atoms with Crippen LogP contribution in [0.4, 0.5) is 0 Å². The molecular weight excluding hydrogens is 218 g/mol. The lowest BCUT2D eigenvalue weighted by Gasteiger charge is -2.12. The number of carboxylic acid groups (broad SMARTS) is 1. The van der Waals surface area contributed by atoms with Gasteiger partial charge < -0.3 is 5.11 Å². The van der Waals surface area contributed by atoms with E-state index in [4.69, 9.17) is 5.11 Å². The van der Waals surface area contributed by atoms with E-state index in [0.29, 0.717) is 0 Å². The maximum atomic E-state index is 11.7. The lowest BCUT2D eigenvalue weighted by molar-refractivity contribution is 0.0692. The molecule has 0 radical (unpaired) electrons. The van der Waals surface area contributed by atoms with E-state index in [0.717, 1.165) is 4.31 Å². The largest absolute Gasteiger partial charge is 0.478 e. The summed E-state index contributed by atoms with van der Waals surface area (Å²) in [6.45, 7) is 0. The second-order valence-corrected chi connectivity index (χ2v) is 5.21. The second-order valence-electron chi connectivity index (χ2n) is 3.09. The van der Waals surface area contributed by atoms with E-state index in [9.17, 15) is 13.2 Å². The molecule has 0 unspecified atom stereocenters. The maximum absolute atomic E-state index is 11.7. The molecule has 0 aliphatic heterocycles. The summed E-state index contributed by atoms with van der Waals surface area (Å²) >= 11 is 0. The number of carbonyl (C=O) groups is 1. The summed E-state index contributed by atoms with van der Waals surface area (Å²) in [7, 11) is -0.990. The van der Waals surface area contributed by atoms with E-state index in [1.807, 2.05) is 0 Å². The van der Waals surface area contributed by atoms with Crippen molar-refractivity contribution >= 4 is 16.0 Å². The van der Waals surface area contributed by atoms with Crippen molar-refractivity contribution in [3.05, 3.63) is 29.8 Å². The van der Waals surface area contributed by atoms with Gasteiger partial charge in [0.2, 0.25) is 10.0 Å². The van der Waals surface area contributed by atoms with Crippen molar-refractivity contribution in [2.24, 2.45) is 0 Å². The van der Waals surface area contributed by atoms with Crippen LogP contribution in [0.15, 0.2) is 29.2 Å². The molecular formula is C9H11NO4S. The molecule has 0 spiro atoms. The van der Waals surface area contributed by atoms with Gasteiger partial charge in [0.25, 0.3) is 0 Å². The summed E-state index contributed by atoms with van der Waals surface area (Å²) in [5, 5.41) is 8.83. The number of aromatic carboxylic acids is 1. The molecule has 1 rings (SSSR count). The summed E-state index contributed by atoms with van der Waals surface area (Å²) in [6, 6.07) is 5.51. The van der Waals surface area contributed by atoms with Gasteiger partial charge in [-0.3, -0.25) is 0 Å². The van der Waals surface area contributed by atoms with Gasteiger partial charge in [0.15, 0.2) is 0 Å². The summed E-state index contributed by atoms with van der Waals surface area (Å²) in [6.07, 6.45) is 0. The first-order valence-electron chi connectivity index (χ1n) is 4.12. The number of rotatable bonds is 3. The Morgan fingerprint density at radius 2 is 1.80 bits per heavy atom. The summed E-state index contributed by atoms with van der Waals surface area (Å²) in [5.41, 5.74) is -0.216. The molecule has 0 aromatic heterocycles. The minimum atomic E-state index is -3.70. The van der Waals surface area contributed by atoms with E-state index in [-0.39, 0.29) is 10.5 Å². The molecule has 5 nitrogen and oxygen atoms in total. The fraction of sp³-hybridized carbons (Fsp3) is 0.222. The van der Waals surface area contributed by atoms with Crippen LogP contribution in [0.1, 0.15) is 10.4 Å². The van der Waals surface area contributed by atoms with E-state index >= 15 is 0 Å². The molecule has 0 aliphatic carbocycles. The first kappa shape index (κ1) is 11.7. The van der Waals surface area contributed by atoms with Crippen LogP contribution < -0.4 is 0 Å². The van der Waals surface area contributed by atoms with Crippen molar-refractivity contribution in [2.45, 2.75) is 4.90 Å². The van der Waals surface area contributed by atoms with Gasteiger partial charge in [-0.15, -0.1) is 0 Å². The monoisotopic (exact) mass is 229 g/mol. The molecule has 0 bridgehead atoms. The Kier molecular flexibility index (Phi) is 3.11. The molecule has 0 heterocycles.